The van der Waals surface area contributed by atoms with Crippen LogP contribution in [0.25, 0.3) is 0 Å². The second-order valence-electron chi connectivity index (χ2n) is 9.86. The molecule has 3 rings (SSSR count). The summed E-state index contributed by atoms with van der Waals surface area (Å²) in [5.74, 6) is -0.247. The molecular weight excluding hydrogens is 542 g/mol. The Morgan fingerprint density at radius 2 is 1.59 bits per heavy atom. The molecule has 1 N–H and O–H groups in total. The van der Waals surface area contributed by atoms with Crippen molar-refractivity contribution in [3.8, 4) is 11.5 Å². The Labute approximate surface area is 243 Å². The van der Waals surface area contributed by atoms with Gasteiger partial charge in [-0.3, -0.25) is 13.9 Å². The van der Waals surface area contributed by atoms with Crippen LogP contribution in [0, 0.1) is 6.92 Å². The van der Waals surface area contributed by atoms with Crippen LogP contribution in [0.15, 0.2) is 77.7 Å². The summed E-state index contributed by atoms with van der Waals surface area (Å²) in [6, 6.07) is 19.4. The van der Waals surface area contributed by atoms with E-state index in [1.165, 1.54) is 37.3 Å². The lowest BCUT2D eigenvalue weighted by atomic mass is 10.1. The van der Waals surface area contributed by atoms with Gasteiger partial charge in [0, 0.05) is 18.7 Å². The van der Waals surface area contributed by atoms with Crippen molar-refractivity contribution in [1.29, 1.82) is 0 Å². The second-order valence-corrected chi connectivity index (χ2v) is 11.7. The van der Waals surface area contributed by atoms with Gasteiger partial charge in [0.1, 0.15) is 24.1 Å². The first-order valence-corrected chi connectivity index (χ1v) is 14.9. The summed E-state index contributed by atoms with van der Waals surface area (Å²) in [6.07, 6.45) is 0.725. The van der Waals surface area contributed by atoms with Gasteiger partial charge < -0.3 is 19.7 Å². The molecule has 0 aromatic heterocycles. The summed E-state index contributed by atoms with van der Waals surface area (Å²) < 4.78 is 40.1. The molecule has 3 aromatic rings. The van der Waals surface area contributed by atoms with Gasteiger partial charge in [0.05, 0.1) is 24.8 Å². The van der Waals surface area contributed by atoms with Gasteiger partial charge in [-0.15, -0.1) is 0 Å². The van der Waals surface area contributed by atoms with Crippen molar-refractivity contribution < 1.29 is 27.5 Å². The van der Waals surface area contributed by atoms with Crippen LogP contribution in [0.1, 0.15) is 38.3 Å². The predicted molar refractivity (Wildman–Crippen MR) is 160 cm³/mol. The van der Waals surface area contributed by atoms with E-state index in [9.17, 15) is 18.0 Å². The van der Waals surface area contributed by atoms with E-state index in [1.54, 1.807) is 31.2 Å². The molecule has 0 spiro atoms. The number of aryl methyl sites for hydroxylation is 1. The number of hydrogen-bond donors (Lipinski definition) is 1. The number of carbonyl (C=O) groups excluding carboxylic acids is 2. The van der Waals surface area contributed by atoms with Gasteiger partial charge in [0.25, 0.3) is 10.0 Å². The average Bonchev–Trinajstić information content (AvgIpc) is 2.98. The molecule has 0 aliphatic heterocycles. The summed E-state index contributed by atoms with van der Waals surface area (Å²) in [5, 5.41) is 2.93. The SMILES string of the molecule is CC[C@@H](C)NC(=O)[C@H](C)N(Cc1ccccc1)C(=O)CN(c1cc(OC)ccc1OC)S(=O)(=O)c1ccc(C)cc1. The Balaban J connectivity index is 2.10. The number of benzene rings is 3. The number of methoxy groups -OCH3 is 2. The third-order valence-electron chi connectivity index (χ3n) is 6.91. The lowest BCUT2D eigenvalue weighted by Gasteiger charge is -2.33. The molecule has 0 unspecified atom stereocenters. The summed E-state index contributed by atoms with van der Waals surface area (Å²) in [7, 11) is -1.36. The molecule has 2 atom stereocenters. The Hall–Kier alpha value is -4.05. The summed E-state index contributed by atoms with van der Waals surface area (Å²) in [4.78, 5) is 28.7. The van der Waals surface area contributed by atoms with E-state index in [1.807, 2.05) is 51.1 Å². The van der Waals surface area contributed by atoms with Gasteiger partial charge in [-0.2, -0.15) is 0 Å². The van der Waals surface area contributed by atoms with Crippen molar-refractivity contribution in [2.75, 3.05) is 25.1 Å². The normalized spacial score (nSPS) is 12.6. The molecule has 0 saturated heterocycles. The molecule has 0 bridgehead atoms. The summed E-state index contributed by atoms with van der Waals surface area (Å²) in [6.45, 7) is 6.88. The number of nitrogens with zero attached hydrogens (tertiary/aromatic N) is 2. The maximum absolute atomic E-state index is 14.1. The Bertz CT molecular complexity index is 1430. The van der Waals surface area contributed by atoms with Gasteiger partial charge in [-0.05, 0) is 57.0 Å². The summed E-state index contributed by atoms with van der Waals surface area (Å²) >= 11 is 0. The smallest absolute Gasteiger partial charge is 0.264 e. The minimum Gasteiger partial charge on any atom is -0.497 e. The van der Waals surface area contributed by atoms with Crippen LogP contribution in [-0.4, -0.2) is 58.0 Å². The molecule has 0 aliphatic rings. The second kappa shape index (κ2) is 14.0. The fraction of sp³-hybridized carbons (Fsp3) is 0.355. The van der Waals surface area contributed by atoms with E-state index in [-0.39, 0.29) is 34.8 Å². The minimum absolute atomic E-state index is 0.0120. The van der Waals surface area contributed by atoms with Crippen molar-refractivity contribution in [2.45, 2.75) is 57.6 Å². The molecule has 10 heteroatoms. The Morgan fingerprint density at radius 3 is 2.17 bits per heavy atom. The highest BCUT2D eigenvalue weighted by Gasteiger charge is 2.34. The monoisotopic (exact) mass is 581 g/mol. The molecule has 9 nitrogen and oxygen atoms in total. The van der Waals surface area contributed by atoms with E-state index >= 15 is 0 Å². The van der Waals surface area contributed by atoms with E-state index in [2.05, 4.69) is 5.32 Å². The van der Waals surface area contributed by atoms with Crippen LogP contribution in [0.2, 0.25) is 0 Å². The van der Waals surface area contributed by atoms with Crippen LogP contribution in [-0.2, 0) is 26.2 Å². The van der Waals surface area contributed by atoms with E-state index in [0.717, 1.165) is 21.9 Å². The van der Waals surface area contributed by atoms with Crippen LogP contribution in [0.3, 0.4) is 0 Å². The fourth-order valence-corrected chi connectivity index (χ4v) is 5.59. The number of amides is 2. The minimum atomic E-state index is -4.25. The third-order valence-corrected chi connectivity index (χ3v) is 8.68. The maximum atomic E-state index is 14.1. The quantitative estimate of drug-likeness (QED) is 0.318. The standard InChI is InChI=1S/C31H39N3O6S/c1-7-23(3)32-31(36)24(4)33(20-25-11-9-8-10-12-25)30(35)21-34(28-19-26(39-5)15-18-29(28)40-6)41(37,38)27-16-13-22(2)14-17-27/h8-19,23-24H,7,20-21H2,1-6H3,(H,32,36)/t23-,24+/m1/s1. The first-order valence-electron chi connectivity index (χ1n) is 13.5. The highest BCUT2D eigenvalue weighted by Crippen LogP contribution is 2.36. The number of rotatable bonds is 13. The molecule has 0 fully saturated rings. The third kappa shape index (κ3) is 7.79. The van der Waals surface area contributed by atoms with E-state index in [4.69, 9.17) is 9.47 Å². The first-order chi connectivity index (χ1) is 19.5. The highest BCUT2D eigenvalue weighted by atomic mass is 32.2. The van der Waals surface area contributed by atoms with E-state index in [0.29, 0.717) is 5.75 Å². The number of anilines is 1. The number of ether oxygens (including phenoxy) is 2. The Kier molecular flexibility index (Phi) is 10.8. The van der Waals surface area contributed by atoms with Crippen LogP contribution >= 0.6 is 0 Å². The maximum Gasteiger partial charge on any atom is 0.264 e. The largest absolute Gasteiger partial charge is 0.497 e. The summed E-state index contributed by atoms with van der Waals surface area (Å²) in [5.41, 5.74) is 1.83. The molecule has 0 radical (unpaired) electrons. The zero-order valence-electron chi connectivity index (χ0n) is 24.5. The Morgan fingerprint density at radius 1 is 0.927 bits per heavy atom. The molecule has 220 valence electrons. The average molecular weight is 582 g/mol. The first kappa shape index (κ1) is 31.5. The predicted octanol–water partition coefficient (Wildman–Crippen LogP) is 4.54. The fourth-order valence-electron chi connectivity index (χ4n) is 4.17. The lowest BCUT2D eigenvalue weighted by Crippen LogP contribution is -2.52. The molecule has 0 saturated carbocycles. The van der Waals surface area contributed by atoms with Gasteiger partial charge >= 0.3 is 0 Å². The van der Waals surface area contributed by atoms with Crippen LogP contribution in [0.4, 0.5) is 5.69 Å². The van der Waals surface area contributed by atoms with E-state index < -0.39 is 28.5 Å². The number of nitrogens with one attached hydrogen (secondary N) is 1. The van der Waals surface area contributed by atoms with Crippen molar-refractivity contribution in [3.63, 3.8) is 0 Å². The zero-order chi connectivity index (χ0) is 30.2. The number of hydrogen-bond acceptors (Lipinski definition) is 6. The lowest BCUT2D eigenvalue weighted by molar-refractivity contribution is -0.139. The van der Waals surface area contributed by atoms with Gasteiger partial charge in [0.2, 0.25) is 11.8 Å². The highest BCUT2D eigenvalue weighted by molar-refractivity contribution is 7.92. The molecule has 0 heterocycles. The van der Waals surface area contributed by atoms with Crippen molar-refractivity contribution in [2.24, 2.45) is 0 Å². The van der Waals surface area contributed by atoms with Crippen LogP contribution < -0.4 is 19.1 Å². The van der Waals surface area contributed by atoms with Crippen LogP contribution in [0.5, 0.6) is 11.5 Å². The van der Waals surface area contributed by atoms with Gasteiger partial charge in [-0.1, -0.05) is 55.0 Å². The topological polar surface area (TPSA) is 105 Å². The molecule has 3 aromatic carbocycles. The zero-order valence-corrected chi connectivity index (χ0v) is 25.3. The van der Waals surface area contributed by atoms with Crippen molar-refractivity contribution in [3.05, 3.63) is 83.9 Å². The van der Waals surface area contributed by atoms with Gasteiger partial charge in [0.15, 0.2) is 0 Å². The molecule has 41 heavy (non-hydrogen) atoms. The molecule has 0 aliphatic carbocycles. The van der Waals surface area contributed by atoms with Crippen molar-refractivity contribution in [1.82, 2.24) is 10.2 Å². The number of sulfonamides is 1. The van der Waals surface area contributed by atoms with Crippen molar-refractivity contribution >= 4 is 27.5 Å². The molecular formula is C31H39N3O6S. The van der Waals surface area contributed by atoms with Gasteiger partial charge in [-0.25, -0.2) is 8.42 Å². The number of carbonyl (C=O) groups is 2. The molecule has 2 amide bonds.